The molecule has 2 amide bonds. The lowest BCUT2D eigenvalue weighted by Gasteiger charge is -2.13. The number of halogens is 1. The topological polar surface area (TPSA) is 37.4 Å². The van der Waals surface area contributed by atoms with Gasteiger partial charge in [0.15, 0.2) is 0 Å². The van der Waals surface area contributed by atoms with Gasteiger partial charge in [-0.2, -0.15) is 0 Å². The van der Waals surface area contributed by atoms with E-state index in [0.29, 0.717) is 29.5 Å². The molecule has 0 radical (unpaired) electrons. The summed E-state index contributed by atoms with van der Waals surface area (Å²) in [5.41, 5.74) is 2.39. The standard InChI is InChI=1S/C18H14INO2/c19-13-7-5-11(6-8-13)16-9-12(16)10-20-17(21)14-3-1-2-4-15(14)18(20)22/h1-8,12,16H,9-10H2/t12-,16-/m0/s1. The van der Waals surface area contributed by atoms with Crippen LogP contribution in [0.3, 0.4) is 0 Å². The molecule has 0 spiro atoms. The number of nitrogens with zero attached hydrogens (tertiary/aromatic N) is 1. The van der Waals surface area contributed by atoms with Gasteiger partial charge in [0.2, 0.25) is 0 Å². The molecule has 1 saturated carbocycles. The van der Waals surface area contributed by atoms with E-state index >= 15 is 0 Å². The van der Waals surface area contributed by atoms with Gasteiger partial charge < -0.3 is 0 Å². The Kier molecular flexibility index (Phi) is 3.29. The van der Waals surface area contributed by atoms with Crippen molar-refractivity contribution in [1.29, 1.82) is 0 Å². The molecular weight excluding hydrogens is 389 g/mol. The summed E-state index contributed by atoms with van der Waals surface area (Å²) in [4.78, 5) is 26.1. The zero-order valence-electron chi connectivity index (χ0n) is 11.8. The van der Waals surface area contributed by atoms with Crippen molar-refractivity contribution in [3.05, 3.63) is 68.8 Å². The number of hydrogen-bond donors (Lipinski definition) is 0. The third-order valence-corrected chi connectivity index (χ3v) is 5.24. The number of rotatable bonds is 3. The SMILES string of the molecule is O=C1c2ccccc2C(=O)N1C[C@@H]1C[C@H]1c1ccc(I)cc1. The van der Waals surface area contributed by atoms with Crippen molar-refractivity contribution in [2.75, 3.05) is 6.54 Å². The highest BCUT2D eigenvalue weighted by Gasteiger charge is 2.44. The molecule has 2 aromatic rings. The number of imide groups is 1. The van der Waals surface area contributed by atoms with Gasteiger partial charge in [0.25, 0.3) is 11.8 Å². The summed E-state index contributed by atoms with van der Waals surface area (Å²) < 4.78 is 1.22. The molecule has 0 N–H and O–H groups in total. The van der Waals surface area contributed by atoms with Crippen LogP contribution in [0.15, 0.2) is 48.5 Å². The highest BCUT2D eigenvalue weighted by atomic mass is 127. The van der Waals surface area contributed by atoms with E-state index < -0.39 is 0 Å². The molecule has 3 nitrogen and oxygen atoms in total. The van der Waals surface area contributed by atoms with Crippen molar-refractivity contribution >= 4 is 34.4 Å². The van der Waals surface area contributed by atoms with Gasteiger partial charge >= 0.3 is 0 Å². The van der Waals surface area contributed by atoms with Crippen LogP contribution in [0.25, 0.3) is 0 Å². The summed E-state index contributed by atoms with van der Waals surface area (Å²) >= 11 is 2.29. The Hall–Kier alpha value is -1.69. The Bertz CT molecular complexity index is 734. The van der Waals surface area contributed by atoms with Gasteiger partial charge in [-0.25, -0.2) is 0 Å². The monoisotopic (exact) mass is 403 g/mol. The second-order valence-corrected chi connectivity index (χ2v) is 7.17. The number of benzene rings is 2. The summed E-state index contributed by atoms with van der Waals surface area (Å²) in [7, 11) is 0. The van der Waals surface area contributed by atoms with Crippen molar-refractivity contribution in [2.24, 2.45) is 5.92 Å². The zero-order valence-corrected chi connectivity index (χ0v) is 14.0. The predicted molar refractivity (Wildman–Crippen MR) is 91.8 cm³/mol. The maximum absolute atomic E-state index is 12.4. The first-order valence-corrected chi connectivity index (χ1v) is 8.43. The summed E-state index contributed by atoms with van der Waals surface area (Å²) in [5, 5.41) is 0. The van der Waals surface area contributed by atoms with E-state index in [0.717, 1.165) is 6.42 Å². The second kappa shape index (κ2) is 5.19. The van der Waals surface area contributed by atoms with Gasteiger partial charge in [-0.1, -0.05) is 24.3 Å². The number of hydrogen-bond acceptors (Lipinski definition) is 2. The van der Waals surface area contributed by atoms with Gasteiger partial charge in [-0.3, -0.25) is 14.5 Å². The maximum Gasteiger partial charge on any atom is 0.261 e. The summed E-state index contributed by atoms with van der Waals surface area (Å²) in [5.74, 6) is 0.575. The fourth-order valence-corrected chi connectivity index (χ4v) is 3.57. The summed E-state index contributed by atoms with van der Waals surface area (Å²) in [6, 6.07) is 15.6. The molecule has 2 aromatic carbocycles. The molecule has 1 heterocycles. The second-order valence-electron chi connectivity index (χ2n) is 5.92. The quantitative estimate of drug-likeness (QED) is 0.579. The lowest BCUT2D eigenvalue weighted by molar-refractivity contribution is 0.0646. The van der Waals surface area contributed by atoms with E-state index in [1.807, 2.05) is 0 Å². The molecule has 22 heavy (non-hydrogen) atoms. The van der Waals surface area contributed by atoms with Crippen LogP contribution in [0.2, 0.25) is 0 Å². The molecular formula is C18H14INO2. The maximum atomic E-state index is 12.4. The van der Waals surface area contributed by atoms with Crippen LogP contribution in [0.1, 0.15) is 38.6 Å². The van der Waals surface area contributed by atoms with Gasteiger partial charge in [0, 0.05) is 10.1 Å². The molecule has 0 bridgehead atoms. The fourth-order valence-electron chi connectivity index (χ4n) is 3.21. The largest absolute Gasteiger partial charge is 0.274 e. The summed E-state index contributed by atoms with van der Waals surface area (Å²) in [6.07, 6.45) is 1.05. The Morgan fingerprint density at radius 1 is 0.955 bits per heavy atom. The third kappa shape index (κ3) is 2.26. The lowest BCUT2D eigenvalue weighted by atomic mass is 10.1. The van der Waals surface area contributed by atoms with Gasteiger partial charge in [0.1, 0.15) is 0 Å². The molecule has 2 atom stereocenters. The van der Waals surface area contributed by atoms with Crippen LogP contribution in [0.5, 0.6) is 0 Å². The van der Waals surface area contributed by atoms with Gasteiger partial charge in [-0.05, 0) is 70.7 Å². The van der Waals surface area contributed by atoms with Crippen LogP contribution in [0.4, 0.5) is 0 Å². The minimum Gasteiger partial charge on any atom is -0.274 e. The van der Waals surface area contributed by atoms with Gasteiger partial charge in [0.05, 0.1) is 11.1 Å². The van der Waals surface area contributed by atoms with Crippen molar-refractivity contribution in [3.8, 4) is 0 Å². The van der Waals surface area contributed by atoms with Crippen molar-refractivity contribution < 1.29 is 9.59 Å². The predicted octanol–water partition coefficient (Wildman–Crippen LogP) is 3.69. The van der Waals surface area contributed by atoms with Crippen LogP contribution < -0.4 is 0 Å². The van der Waals surface area contributed by atoms with Crippen LogP contribution >= 0.6 is 22.6 Å². The molecule has 4 heteroatoms. The van der Waals surface area contributed by atoms with Crippen LogP contribution in [0, 0.1) is 9.49 Å². The minimum absolute atomic E-state index is 0.145. The molecule has 1 aliphatic carbocycles. The first-order valence-electron chi connectivity index (χ1n) is 7.36. The average molecular weight is 403 g/mol. The molecule has 2 aliphatic rings. The van der Waals surface area contributed by atoms with E-state index in [1.165, 1.54) is 14.0 Å². The molecule has 1 aliphatic heterocycles. The molecule has 0 saturated heterocycles. The highest BCUT2D eigenvalue weighted by molar-refractivity contribution is 14.1. The molecule has 1 fully saturated rings. The first-order chi connectivity index (χ1) is 10.6. The van der Waals surface area contributed by atoms with Crippen molar-refractivity contribution in [2.45, 2.75) is 12.3 Å². The lowest BCUT2D eigenvalue weighted by Crippen LogP contribution is -2.31. The number of carbonyl (C=O) groups is 2. The van der Waals surface area contributed by atoms with E-state index in [1.54, 1.807) is 24.3 Å². The van der Waals surface area contributed by atoms with E-state index in [9.17, 15) is 9.59 Å². The summed E-state index contributed by atoms with van der Waals surface area (Å²) in [6.45, 7) is 0.531. The van der Waals surface area contributed by atoms with E-state index in [-0.39, 0.29) is 11.8 Å². The zero-order chi connectivity index (χ0) is 15.3. The Balaban J connectivity index is 1.49. The van der Waals surface area contributed by atoms with Gasteiger partial charge in [-0.15, -0.1) is 0 Å². The van der Waals surface area contributed by atoms with E-state index in [2.05, 4.69) is 46.9 Å². The normalized spacial score (nSPS) is 22.9. The van der Waals surface area contributed by atoms with Crippen LogP contribution in [-0.4, -0.2) is 23.3 Å². The smallest absolute Gasteiger partial charge is 0.261 e. The van der Waals surface area contributed by atoms with E-state index in [4.69, 9.17) is 0 Å². The van der Waals surface area contributed by atoms with Crippen molar-refractivity contribution in [1.82, 2.24) is 4.90 Å². The third-order valence-electron chi connectivity index (χ3n) is 4.52. The Labute approximate surface area is 142 Å². The first kappa shape index (κ1) is 13.9. The number of fused-ring (bicyclic) bond motifs is 1. The Morgan fingerprint density at radius 2 is 1.55 bits per heavy atom. The van der Waals surface area contributed by atoms with Crippen LogP contribution in [-0.2, 0) is 0 Å². The fraction of sp³-hybridized carbons (Fsp3) is 0.222. The molecule has 0 aromatic heterocycles. The van der Waals surface area contributed by atoms with Crippen molar-refractivity contribution in [3.63, 3.8) is 0 Å². The average Bonchev–Trinajstić information content (AvgIpc) is 3.26. The minimum atomic E-state index is -0.145. The number of amides is 2. The molecule has 4 rings (SSSR count). The molecule has 0 unspecified atom stereocenters. The Morgan fingerprint density at radius 3 is 2.14 bits per heavy atom. The highest BCUT2D eigenvalue weighted by Crippen LogP contribution is 2.48. The molecule has 110 valence electrons. The number of carbonyl (C=O) groups excluding carboxylic acids is 2.